The molecule has 2 aliphatic carbocycles. The summed E-state index contributed by atoms with van der Waals surface area (Å²) in [5, 5.41) is 4.84. The standard InChI is InChI=1S/C32H24F5N3O2/c33-22-8-6-21(7-9-22)31(40(38)30(41)39-24-11-13-25(14-12-24)42-32(35,36)37)18-20-17-23(34)10-16-27(20)29(31)28-15-5-19-3-1-2-4-26(19)28/h1-4,6-14,16-18,28H,5,15,38H2,(H,39,41). The van der Waals surface area contributed by atoms with Gasteiger partial charge in [0.1, 0.15) is 22.9 Å². The number of aryl methyl sites for hydroxylation is 1. The first-order valence-electron chi connectivity index (χ1n) is 13.1. The molecule has 0 spiro atoms. The summed E-state index contributed by atoms with van der Waals surface area (Å²) in [6, 6.07) is 21.7. The number of benzene rings is 4. The van der Waals surface area contributed by atoms with Gasteiger partial charge in [0.05, 0.1) is 0 Å². The van der Waals surface area contributed by atoms with Crippen LogP contribution in [0.15, 0.2) is 91.0 Å². The maximum Gasteiger partial charge on any atom is 0.573 e. The topological polar surface area (TPSA) is 67.6 Å². The molecule has 10 heteroatoms. The molecule has 0 fully saturated rings. The molecule has 4 aromatic carbocycles. The summed E-state index contributed by atoms with van der Waals surface area (Å²) < 4.78 is 70.3. The Hall–Kier alpha value is -4.70. The molecule has 2 atom stereocenters. The first-order valence-corrected chi connectivity index (χ1v) is 13.1. The number of ether oxygens (including phenoxy) is 1. The van der Waals surface area contributed by atoms with Gasteiger partial charge >= 0.3 is 12.4 Å². The lowest BCUT2D eigenvalue weighted by Crippen LogP contribution is -2.55. The average Bonchev–Trinajstić information content (AvgIpc) is 3.52. The van der Waals surface area contributed by atoms with Crippen LogP contribution >= 0.6 is 0 Å². The Morgan fingerprint density at radius 3 is 2.33 bits per heavy atom. The fourth-order valence-corrected chi connectivity index (χ4v) is 6.08. The molecule has 0 radical (unpaired) electrons. The van der Waals surface area contributed by atoms with Crippen molar-refractivity contribution in [3.8, 4) is 5.75 Å². The van der Waals surface area contributed by atoms with Crippen molar-refractivity contribution in [3.05, 3.63) is 130 Å². The molecule has 2 aliphatic rings. The van der Waals surface area contributed by atoms with Crippen molar-refractivity contribution >= 4 is 23.4 Å². The Morgan fingerprint density at radius 2 is 1.62 bits per heavy atom. The van der Waals surface area contributed by atoms with E-state index in [0.717, 1.165) is 40.3 Å². The number of halogens is 5. The van der Waals surface area contributed by atoms with E-state index in [4.69, 9.17) is 5.84 Å². The fraction of sp³-hybridized carbons (Fsp3) is 0.156. The summed E-state index contributed by atoms with van der Waals surface area (Å²) in [5.41, 5.74) is 2.11. The minimum Gasteiger partial charge on any atom is -0.406 e. The van der Waals surface area contributed by atoms with E-state index in [1.54, 1.807) is 12.1 Å². The van der Waals surface area contributed by atoms with Crippen LogP contribution in [0.5, 0.6) is 5.75 Å². The van der Waals surface area contributed by atoms with Crippen LogP contribution in [0.3, 0.4) is 0 Å². The van der Waals surface area contributed by atoms with E-state index in [9.17, 15) is 26.7 Å². The summed E-state index contributed by atoms with van der Waals surface area (Å²) >= 11 is 0. The number of hydrazine groups is 1. The normalized spacial score (nSPS) is 19.1. The third-order valence-electron chi connectivity index (χ3n) is 7.78. The van der Waals surface area contributed by atoms with Gasteiger partial charge in [-0.15, -0.1) is 13.2 Å². The molecule has 0 aliphatic heterocycles. The monoisotopic (exact) mass is 577 g/mol. The molecule has 0 saturated carbocycles. The van der Waals surface area contributed by atoms with Gasteiger partial charge in [-0.05, 0) is 100 Å². The zero-order valence-electron chi connectivity index (χ0n) is 22.0. The van der Waals surface area contributed by atoms with E-state index in [0.29, 0.717) is 22.4 Å². The van der Waals surface area contributed by atoms with E-state index < -0.39 is 35.3 Å². The van der Waals surface area contributed by atoms with Gasteiger partial charge in [0, 0.05) is 11.6 Å². The van der Waals surface area contributed by atoms with E-state index in [2.05, 4.69) is 10.1 Å². The van der Waals surface area contributed by atoms with Crippen LogP contribution in [0.25, 0.3) is 11.6 Å². The predicted molar refractivity (Wildman–Crippen MR) is 147 cm³/mol. The van der Waals surface area contributed by atoms with Crippen molar-refractivity contribution in [3.63, 3.8) is 0 Å². The molecule has 3 N–H and O–H groups in total. The number of carbonyl (C=O) groups is 1. The van der Waals surface area contributed by atoms with Crippen LogP contribution in [0.4, 0.5) is 32.4 Å². The molecule has 0 heterocycles. The molecule has 0 saturated heterocycles. The van der Waals surface area contributed by atoms with Gasteiger partial charge in [0.2, 0.25) is 0 Å². The average molecular weight is 578 g/mol. The highest BCUT2D eigenvalue weighted by atomic mass is 19.4. The summed E-state index contributed by atoms with van der Waals surface area (Å²) in [6.45, 7) is 0. The zero-order chi connectivity index (χ0) is 29.6. The van der Waals surface area contributed by atoms with Gasteiger partial charge < -0.3 is 10.1 Å². The molecule has 5 nitrogen and oxygen atoms in total. The first kappa shape index (κ1) is 27.5. The number of nitrogens with two attached hydrogens (primary N) is 1. The number of rotatable bonds is 5. The molecule has 6 rings (SSSR count). The fourth-order valence-electron chi connectivity index (χ4n) is 6.08. The Bertz CT molecular complexity index is 1790. The second-order valence-electron chi connectivity index (χ2n) is 10.2. The lowest BCUT2D eigenvalue weighted by Gasteiger charge is -2.42. The van der Waals surface area contributed by atoms with Crippen molar-refractivity contribution in [1.82, 2.24) is 5.01 Å². The molecule has 4 aromatic rings. The number of anilines is 1. The number of fused-ring (bicyclic) bond motifs is 2. The predicted octanol–water partition coefficient (Wildman–Crippen LogP) is 5.84. The number of urea groups is 1. The molecule has 2 amide bonds. The van der Waals surface area contributed by atoms with Gasteiger partial charge in [-0.25, -0.2) is 24.4 Å². The minimum absolute atomic E-state index is 0.161. The second kappa shape index (κ2) is 10.3. The van der Waals surface area contributed by atoms with Crippen LogP contribution in [-0.4, -0.2) is 17.4 Å². The van der Waals surface area contributed by atoms with Crippen LogP contribution in [0, 0.1) is 11.6 Å². The smallest absolute Gasteiger partial charge is 0.406 e. The van der Waals surface area contributed by atoms with Gasteiger partial charge in [-0.1, -0.05) is 42.5 Å². The quantitative estimate of drug-likeness (QED) is 0.136. The maximum absolute atomic E-state index is 14.5. The molecule has 0 aromatic heterocycles. The van der Waals surface area contributed by atoms with Crippen molar-refractivity contribution in [2.24, 2.45) is 5.84 Å². The summed E-state index contributed by atoms with van der Waals surface area (Å²) in [4.78, 5) is 13.8. The lowest BCUT2D eigenvalue weighted by atomic mass is 9.75. The van der Waals surface area contributed by atoms with Gasteiger partial charge in [-0.3, -0.25) is 0 Å². The van der Waals surface area contributed by atoms with E-state index in [-0.39, 0.29) is 11.6 Å². The van der Waals surface area contributed by atoms with E-state index >= 15 is 0 Å². The third kappa shape index (κ3) is 4.87. The number of alkyl halides is 3. The van der Waals surface area contributed by atoms with Crippen molar-refractivity contribution in [2.75, 3.05) is 5.32 Å². The second-order valence-corrected chi connectivity index (χ2v) is 10.2. The van der Waals surface area contributed by atoms with Gasteiger partial charge in [-0.2, -0.15) is 0 Å². The maximum atomic E-state index is 14.5. The molecular weight excluding hydrogens is 553 g/mol. The third-order valence-corrected chi connectivity index (χ3v) is 7.78. The van der Waals surface area contributed by atoms with Crippen molar-refractivity contribution in [2.45, 2.75) is 30.7 Å². The number of nitrogens with one attached hydrogen (secondary N) is 1. The van der Waals surface area contributed by atoms with Crippen LogP contribution < -0.4 is 26.3 Å². The Morgan fingerprint density at radius 1 is 0.929 bits per heavy atom. The van der Waals surface area contributed by atoms with Crippen LogP contribution in [0.2, 0.25) is 0 Å². The van der Waals surface area contributed by atoms with E-state index in [1.165, 1.54) is 48.5 Å². The highest BCUT2D eigenvalue weighted by molar-refractivity contribution is 5.94. The molecule has 2 unspecified atom stereocenters. The van der Waals surface area contributed by atoms with Crippen molar-refractivity contribution in [1.29, 1.82) is 0 Å². The molecule has 214 valence electrons. The number of hydrogen-bond donors (Lipinski definition) is 2. The highest BCUT2D eigenvalue weighted by Gasteiger charge is 2.48. The Balaban J connectivity index is 1.48. The number of hydrogen-bond acceptors (Lipinski definition) is 3. The molecule has 0 bridgehead atoms. The largest absolute Gasteiger partial charge is 0.573 e. The Labute approximate surface area is 237 Å². The first-order chi connectivity index (χ1) is 20.0. The van der Waals surface area contributed by atoms with E-state index in [1.807, 2.05) is 24.3 Å². The summed E-state index contributed by atoms with van der Waals surface area (Å²) in [5.74, 6) is 5.08. The number of nitrogens with zero attached hydrogens (tertiary/aromatic N) is 1. The van der Waals surface area contributed by atoms with Crippen LogP contribution in [-0.2, 0) is 12.0 Å². The van der Waals surface area contributed by atoms with Crippen molar-refractivity contribution < 1.29 is 31.5 Å². The lowest BCUT2D eigenvalue weighted by molar-refractivity contribution is -0.274. The highest BCUT2D eigenvalue weighted by Crippen LogP contribution is 2.50. The number of amides is 2. The Kier molecular flexibility index (Phi) is 6.73. The van der Waals surface area contributed by atoms with Crippen LogP contribution in [0.1, 0.15) is 29.0 Å². The molecule has 42 heavy (non-hydrogen) atoms. The summed E-state index contributed by atoms with van der Waals surface area (Å²) in [6.07, 6.45) is -1.67. The van der Waals surface area contributed by atoms with Gasteiger partial charge in [0.25, 0.3) is 0 Å². The zero-order valence-corrected chi connectivity index (χ0v) is 22.0. The summed E-state index contributed by atoms with van der Waals surface area (Å²) in [7, 11) is 0. The minimum atomic E-state index is -4.86. The van der Waals surface area contributed by atoms with Gasteiger partial charge in [0.15, 0.2) is 0 Å². The number of carbonyl (C=O) groups excluding carboxylic acids is 1. The molecular formula is C32H24F5N3O2. The SMILES string of the molecule is NN(C(=O)Nc1ccc(OC(F)(F)F)cc1)C1(c2ccc(F)cc2)C=c2cc(F)ccc2=C1C1CCc2ccccc21.